The highest BCUT2D eigenvalue weighted by Crippen LogP contribution is 2.21. The Morgan fingerprint density at radius 3 is 2.44 bits per heavy atom. The van der Waals surface area contributed by atoms with Crippen LogP contribution in [0.25, 0.3) is 11.5 Å². The van der Waals surface area contributed by atoms with E-state index in [0.717, 1.165) is 23.3 Å². The Hall–Kier alpha value is -3.35. The highest BCUT2D eigenvalue weighted by atomic mass is 16.5. The van der Waals surface area contributed by atoms with Gasteiger partial charge in [-0.15, -0.1) is 10.2 Å². The molecule has 1 atom stereocenters. The molecule has 7 nitrogen and oxygen atoms in total. The molecule has 3 rings (SSSR count). The predicted molar refractivity (Wildman–Crippen MR) is 99.5 cm³/mol. The van der Waals surface area contributed by atoms with E-state index in [-0.39, 0.29) is 5.91 Å². The molecule has 0 aliphatic carbocycles. The summed E-state index contributed by atoms with van der Waals surface area (Å²) in [5.41, 5.74) is 1.91. The van der Waals surface area contributed by atoms with E-state index < -0.39 is 6.10 Å². The lowest BCUT2D eigenvalue weighted by molar-refractivity contribution is -0.127. The molecule has 1 N–H and O–H groups in total. The van der Waals surface area contributed by atoms with Crippen LogP contribution in [0.3, 0.4) is 0 Å². The quantitative estimate of drug-likeness (QED) is 0.659. The minimum Gasteiger partial charge on any atom is -0.497 e. The van der Waals surface area contributed by atoms with Gasteiger partial charge in [0.05, 0.1) is 7.11 Å². The van der Waals surface area contributed by atoms with Crippen molar-refractivity contribution >= 4 is 5.91 Å². The fourth-order valence-corrected chi connectivity index (χ4v) is 2.50. The van der Waals surface area contributed by atoms with Gasteiger partial charge in [0.25, 0.3) is 5.91 Å². The van der Waals surface area contributed by atoms with Crippen LogP contribution in [0, 0.1) is 0 Å². The SMILES string of the molecule is COc1ccc(CCNC(=O)C(C)Oc2ccc(-c3nnco3)cc2)cc1. The lowest BCUT2D eigenvalue weighted by Crippen LogP contribution is -2.37. The van der Waals surface area contributed by atoms with Gasteiger partial charge in [-0.05, 0) is 55.3 Å². The molecule has 0 saturated carbocycles. The molecular formula is C20H21N3O4. The summed E-state index contributed by atoms with van der Waals surface area (Å²) in [4.78, 5) is 12.2. The van der Waals surface area contributed by atoms with Gasteiger partial charge in [-0.25, -0.2) is 0 Å². The van der Waals surface area contributed by atoms with E-state index in [9.17, 15) is 4.79 Å². The lowest BCUT2D eigenvalue weighted by atomic mass is 10.1. The summed E-state index contributed by atoms with van der Waals surface area (Å²) in [7, 11) is 1.63. The summed E-state index contributed by atoms with van der Waals surface area (Å²) in [5.74, 6) is 1.68. The van der Waals surface area contributed by atoms with Crippen molar-refractivity contribution in [3.63, 3.8) is 0 Å². The summed E-state index contributed by atoms with van der Waals surface area (Å²) in [6.07, 6.45) is 1.41. The Labute approximate surface area is 157 Å². The molecule has 3 aromatic rings. The number of nitrogens with zero attached hydrogens (tertiary/aromatic N) is 2. The van der Waals surface area contributed by atoms with Crippen LogP contribution in [-0.4, -0.2) is 35.9 Å². The van der Waals surface area contributed by atoms with Gasteiger partial charge in [0.1, 0.15) is 11.5 Å². The Balaban J connectivity index is 1.45. The van der Waals surface area contributed by atoms with Gasteiger partial charge in [-0.3, -0.25) is 4.79 Å². The number of methoxy groups -OCH3 is 1. The largest absolute Gasteiger partial charge is 0.497 e. The molecule has 2 aromatic carbocycles. The first kappa shape index (κ1) is 18.4. The van der Waals surface area contributed by atoms with Crippen molar-refractivity contribution in [2.75, 3.05) is 13.7 Å². The van der Waals surface area contributed by atoms with E-state index in [1.165, 1.54) is 6.39 Å². The van der Waals surface area contributed by atoms with Crippen LogP contribution in [0.4, 0.5) is 0 Å². The number of aromatic nitrogens is 2. The molecule has 1 unspecified atom stereocenters. The number of carbonyl (C=O) groups is 1. The van der Waals surface area contributed by atoms with Crippen molar-refractivity contribution in [1.82, 2.24) is 15.5 Å². The number of nitrogens with one attached hydrogen (secondary N) is 1. The lowest BCUT2D eigenvalue weighted by Gasteiger charge is -2.15. The van der Waals surface area contributed by atoms with Gasteiger partial charge in [-0.1, -0.05) is 12.1 Å². The van der Waals surface area contributed by atoms with Crippen molar-refractivity contribution < 1.29 is 18.7 Å². The van der Waals surface area contributed by atoms with Crippen LogP contribution in [0.15, 0.2) is 59.3 Å². The predicted octanol–water partition coefficient (Wildman–Crippen LogP) is 2.87. The van der Waals surface area contributed by atoms with E-state index in [1.54, 1.807) is 38.3 Å². The maximum Gasteiger partial charge on any atom is 0.260 e. The third kappa shape index (κ3) is 5.07. The number of rotatable bonds is 8. The second-order valence-corrected chi connectivity index (χ2v) is 5.92. The smallest absolute Gasteiger partial charge is 0.260 e. The molecular weight excluding hydrogens is 346 g/mol. The highest BCUT2D eigenvalue weighted by molar-refractivity contribution is 5.80. The van der Waals surface area contributed by atoms with E-state index in [1.807, 2.05) is 24.3 Å². The van der Waals surface area contributed by atoms with Gasteiger partial charge in [0, 0.05) is 12.1 Å². The molecule has 1 amide bonds. The molecule has 1 aromatic heterocycles. The number of hydrogen-bond acceptors (Lipinski definition) is 6. The molecule has 0 spiro atoms. The molecule has 0 bridgehead atoms. The zero-order valence-corrected chi connectivity index (χ0v) is 15.2. The fourth-order valence-electron chi connectivity index (χ4n) is 2.50. The summed E-state index contributed by atoms with van der Waals surface area (Å²) in [5, 5.41) is 10.4. The average Bonchev–Trinajstić information content (AvgIpc) is 3.24. The first-order valence-corrected chi connectivity index (χ1v) is 8.59. The number of hydrogen-bond donors (Lipinski definition) is 1. The monoisotopic (exact) mass is 367 g/mol. The van der Waals surface area contributed by atoms with Crippen LogP contribution >= 0.6 is 0 Å². The van der Waals surface area contributed by atoms with Gasteiger partial charge in [-0.2, -0.15) is 0 Å². The van der Waals surface area contributed by atoms with Crippen LogP contribution in [0.1, 0.15) is 12.5 Å². The van der Waals surface area contributed by atoms with Crippen molar-refractivity contribution in [3.8, 4) is 23.0 Å². The summed E-state index contributed by atoms with van der Waals surface area (Å²) in [6, 6.07) is 14.9. The normalized spacial score (nSPS) is 11.6. The zero-order chi connectivity index (χ0) is 19.1. The van der Waals surface area contributed by atoms with Gasteiger partial charge >= 0.3 is 0 Å². The van der Waals surface area contributed by atoms with E-state index in [2.05, 4.69) is 15.5 Å². The molecule has 0 aliphatic heterocycles. The maximum absolute atomic E-state index is 12.2. The van der Waals surface area contributed by atoms with Crippen molar-refractivity contribution in [1.29, 1.82) is 0 Å². The van der Waals surface area contributed by atoms with Crippen molar-refractivity contribution in [2.45, 2.75) is 19.4 Å². The van der Waals surface area contributed by atoms with Gasteiger partial charge in [0.2, 0.25) is 12.3 Å². The van der Waals surface area contributed by atoms with Gasteiger partial charge < -0.3 is 19.2 Å². The first-order valence-electron chi connectivity index (χ1n) is 8.59. The molecule has 0 fully saturated rings. The standard InChI is InChI=1S/C20H21N3O4/c1-14(19(24)21-12-11-15-3-7-17(25-2)8-4-15)27-18-9-5-16(6-10-18)20-23-22-13-26-20/h3-10,13-14H,11-12H2,1-2H3,(H,21,24). The fraction of sp³-hybridized carbons (Fsp3) is 0.250. The number of carbonyl (C=O) groups excluding carboxylic acids is 1. The second kappa shape index (κ2) is 8.84. The van der Waals surface area contributed by atoms with Crippen LogP contribution in [0.2, 0.25) is 0 Å². The molecule has 0 radical (unpaired) electrons. The first-order chi connectivity index (χ1) is 13.2. The van der Waals surface area contributed by atoms with E-state index in [0.29, 0.717) is 18.2 Å². The number of benzene rings is 2. The topological polar surface area (TPSA) is 86.5 Å². The van der Waals surface area contributed by atoms with Gasteiger partial charge in [0.15, 0.2) is 6.10 Å². The number of amides is 1. The molecule has 27 heavy (non-hydrogen) atoms. The van der Waals surface area contributed by atoms with Crippen molar-refractivity contribution in [2.24, 2.45) is 0 Å². The zero-order valence-electron chi connectivity index (χ0n) is 15.2. The molecule has 7 heteroatoms. The van der Waals surface area contributed by atoms with Crippen LogP contribution in [0.5, 0.6) is 11.5 Å². The summed E-state index contributed by atoms with van der Waals surface area (Å²) < 4.78 is 16.0. The summed E-state index contributed by atoms with van der Waals surface area (Å²) >= 11 is 0. The summed E-state index contributed by atoms with van der Waals surface area (Å²) in [6.45, 7) is 2.25. The second-order valence-electron chi connectivity index (χ2n) is 5.92. The highest BCUT2D eigenvalue weighted by Gasteiger charge is 2.14. The Bertz CT molecular complexity index is 846. The third-order valence-electron chi connectivity index (χ3n) is 4.02. The third-order valence-corrected chi connectivity index (χ3v) is 4.02. The molecule has 0 aliphatic rings. The van der Waals surface area contributed by atoms with E-state index >= 15 is 0 Å². The average molecular weight is 367 g/mol. The van der Waals surface area contributed by atoms with Crippen LogP contribution < -0.4 is 14.8 Å². The molecule has 140 valence electrons. The van der Waals surface area contributed by atoms with Crippen LogP contribution in [-0.2, 0) is 11.2 Å². The Morgan fingerprint density at radius 2 is 1.81 bits per heavy atom. The van der Waals surface area contributed by atoms with Crippen molar-refractivity contribution in [3.05, 3.63) is 60.5 Å². The number of ether oxygens (including phenoxy) is 2. The Morgan fingerprint density at radius 1 is 1.11 bits per heavy atom. The maximum atomic E-state index is 12.2. The Kier molecular flexibility index (Phi) is 6.04. The van der Waals surface area contributed by atoms with E-state index in [4.69, 9.17) is 13.9 Å². The minimum atomic E-state index is -0.602. The molecule has 0 saturated heterocycles. The molecule has 1 heterocycles. The minimum absolute atomic E-state index is 0.163.